The van der Waals surface area contributed by atoms with E-state index in [2.05, 4.69) is 16.0 Å². The Morgan fingerprint density at radius 3 is 1.18 bits per heavy atom. The number of aliphatic hydroxyl groups excluding tert-OH is 9. The molecule has 3 aliphatic rings. The van der Waals surface area contributed by atoms with E-state index >= 15 is 0 Å². The van der Waals surface area contributed by atoms with Crippen molar-refractivity contribution in [2.45, 2.75) is 236 Å². The third kappa shape index (κ3) is 23.9. The van der Waals surface area contributed by atoms with Crippen LogP contribution < -0.4 is 16.0 Å². The number of hydrogen-bond donors (Lipinski definition) is 12. The number of carbonyl (C=O) groups excluding carboxylic acids is 5. The SMILES string of the molecule is CC(C)C(=O)C(CCCCNC(=O)CCCCCOC1OC(CO)C(O)C(O)C1C)CC(=O)C(CCCCNC(=O)CCCCCOC1OC(CO)C(O)C(O)C1C)NC(=O)CCCCCOC1OC(CO)C(O)C(O)C1C. The molecule has 3 amide bonds. The molecular formula is C55H99N3O20. The van der Waals surface area contributed by atoms with Crippen LogP contribution in [0.25, 0.3) is 0 Å². The second-order valence-electron chi connectivity index (χ2n) is 22.0. The van der Waals surface area contributed by atoms with Crippen LogP contribution in [0.5, 0.6) is 0 Å². The minimum Gasteiger partial charge on any atom is -0.394 e. The smallest absolute Gasteiger partial charge is 0.220 e. The van der Waals surface area contributed by atoms with Crippen molar-refractivity contribution >= 4 is 29.3 Å². The Morgan fingerprint density at radius 2 is 0.821 bits per heavy atom. The number of unbranched alkanes of at least 4 members (excludes halogenated alkanes) is 8. The molecule has 0 saturated carbocycles. The number of ketones is 2. The van der Waals surface area contributed by atoms with Crippen LogP contribution in [-0.4, -0.2) is 208 Å². The number of hydrogen-bond acceptors (Lipinski definition) is 20. The number of Topliss-reactive ketones (excluding diaryl/α,β-unsaturated/α-hetero) is 2. The van der Waals surface area contributed by atoms with Gasteiger partial charge in [-0.1, -0.05) is 60.3 Å². The predicted molar refractivity (Wildman–Crippen MR) is 283 cm³/mol. The maximum atomic E-state index is 14.1. The van der Waals surface area contributed by atoms with E-state index in [1.807, 2.05) is 0 Å². The average Bonchev–Trinajstić information content (AvgIpc) is 3.45. The van der Waals surface area contributed by atoms with Crippen molar-refractivity contribution < 1.29 is 98.4 Å². The maximum absolute atomic E-state index is 14.1. The zero-order valence-corrected chi connectivity index (χ0v) is 47.0. The van der Waals surface area contributed by atoms with E-state index in [1.54, 1.807) is 34.6 Å². The van der Waals surface area contributed by atoms with Gasteiger partial charge in [-0.05, 0) is 70.6 Å². The molecule has 3 heterocycles. The van der Waals surface area contributed by atoms with Crippen molar-refractivity contribution in [1.29, 1.82) is 0 Å². The van der Waals surface area contributed by atoms with Gasteiger partial charge in [0.2, 0.25) is 17.7 Å². The Labute approximate surface area is 461 Å². The molecule has 454 valence electrons. The van der Waals surface area contributed by atoms with Crippen molar-refractivity contribution in [2.75, 3.05) is 52.7 Å². The van der Waals surface area contributed by atoms with E-state index < -0.39 is 123 Å². The normalized spacial score (nSPS) is 30.2. The Balaban J connectivity index is 1.43. The molecule has 17 atom stereocenters. The lowest BCUT2D eigenvalue weighted by atomic mass is 9.85. The van der Waals surface area contributed by atoms with Gasteiger partial charge in [0.05, 0.1) is 44.2 Å². The first-order chi connectivity index (χ1) is 37.2. The molecular weight excluding hydrogens is 1020 g/mol. The molecule has 0 aromatic carbocycles. The lowest BCUT2D eigenvalue weighted by molar-refractivity contribution is -0.282. The highest BCUT2D eigenvalue weighted by atomic mass is 16.7. The van der Waals surface area contributed by atoms with Gasteiger partial charge in [-0.3, -0.25) is 24.0 Å². The van der Waals surface area contributed by atoms with Crippen LogP contribution in [0.15, 0.2) is 0 Å². The first-order valence-electron chi connectivity index (χ1n) is 28.9. The molecule has 17 unspecified atom stereocenters. The zero-order chi connectivity index (χ0) is 57.7. The topological polar surface area (TPSA) is 359 Å². The van der Waals surface area contributed by atoms with Gasteiger partial charge >= 0.3 is 0 Å². The van der Waals surface area contributed by atoms with Crippen LogP contribution >= 0.6 is 0 Å². The Bertz CT molecular complexity index is 1710. The summed E-state index contributed by atoms with van der Waals surface area (Å²) in [4.78, 5) is 66.1. The molecule has 3 fully saturated rings. The molecule has 0 aromatic rings. The summed E-state index contributed by atoms with van der Waals surface area (Å²) in [6.07, 6.45) is -2.88. The Hall–Kier alpha value is -2.85. The van der Waals surface area contributed by atoms with Crippen LogP contribution in [0.4, 0.5) is 0 Å². The van der Waals surface area contributed by atoms with Crippen molar-refractivity contribution in [3.63, 3.8) is 0 Å². The maximum Gasteiger partial charge on any atom is 0.220 e. The van der Waals surface area contributed by atoms with E-state index in [0.717, 1.165) is 0 Å². The second kappa shape index (κ2) is 38.0. The standard InChI is InChI=1S/C55H99N3O20/c1-33(2)46(66)37(19-12-14-24-56-43(63)21-9-6-16-26-73-53-34(3)47(67)50(70)40(30-59)76-53)29-39(62)38(58-45(65)23-11-8-18-28-75-55-36(5)49(69)52(72)42(32-61)78-55)20-13-15-25-57-44(64)22-10-7-17-27-74-54-35(4)48(68)51(71)41(31-60)77-54/h33-38,40-42,47-55,59-61,67-72H,6-32H2,1-5H3,(H,56,63)(H,57,64)(H,58,65). The molecule has 78 heavy (non-hydrogen) atoms. The first-order valence-corrected chi connectivity index (χ1v) is 28.9. The molecule has 0 radical (unpaired) electrons. The summed E-state index contributed by atoms with van der Waals surface area (Å²) in [6, 6.07) is -0.854. The number of aliphatic hydroxyl groups is 9. The van der Waals surface area contributed by atoms with Gasteiger partial charge in [-0.25, -0.2) is 0 Å². The summed E-state index contributed by atoms with van der Waals surface area (Å²) < 4.78 is 34.1. The largest absolute Gasteiger partial charge is 0.394 e. The lowest BCUT2D eigenvalue weighted by Crippen LogP contribution is -2.55. The molecule has 0 aromatic heterocycles. The third-order valence-corrected chi connectivity index (χ3v) is 15.2. The van der Waals surface area contributed by atoms with E-state index in [-0.39, 0.29) is 54.7 Å². The average molecular weight is 1120 g/mol. The summed E-state index contributed by atoms with van der Waals surface area (Å²) in [5.74, 6) is -3.26. The van der Waals surface area contributed by atoms with Crippen LogP contribution in [-0.2, 0) is 52.4 Å². The molecule has 3 rings (SSSR count). The molecule has 0 spiro atoms. The monoisotopic (exact) mass is 1120 g/mol. The summed E-state index contributed by atoms with van der Waals surface area (Å²) >= 11 is 0. The number of ether oxygens (including phenoxy) is 6. The predicted octanol–water partition coefficient (Wildman–Crippen LogP) is 0.801. The van der Waals surface area contributed by atoms with Gasteiger partial charge in [0.15, 0.2) is 24.7 Å². The lowest BCUT2D eigenvalue weighted by Gasteiger charge is -2.40. The fourth-order valence-electron chi connectivity index (χ4n) is 9.93. The molecule has 23 nitrogen and oxygen atoms in total. The minimum absolute atomic E-state index is 0.0550. The van der Waals surface area contributed by atoms with E-state index in [0.29, 0.717) is 135 Å². The Kier molecular flexibility index (Phi) is 33.8. The number of nitrogens with one attached hydrogen (secondary N) is 3. The van der Waals surface area contributed by atoms with Crippen molar-refractivity contribution in [1.82, 2.24) is 16.0 Å². The fraction of sp³-hybridized carbons (Fsp3) is 0.909. The van der Waals surface area contributed by atoms with Crippen LogP contribution in [0.2, 0.25) is 0 Å². The zero-order valence-electron chi connectivity index (χ0n) is 47.0. The quantitative estimate of drug-likeness (QED) is 0.0378. The molecule has 23 heteroatoms. The highest BCUT2D eigenvalue weighted by Gasteiger charge is 2.44. The number of carbonyl (C=O) groups is 5. The molecule has 0 aliphatic carbocycles. The van der Waals surface area contributed by atoms with Gasteiger partial charge in [-0.15, -0.1) is 0 Å². The highest BCUT2D eigenvalue weighted by molar-refractivity contribution is 5.93. The van der Waals surface area contributed by atoms with Crippen molar-refractivity contribution in [2.24, 2.45) is 29.6 Å². The minimum atomic E-state index is -1.23. The van der Waals surface area contributed by atoms with Crippen LogP contribution in [0.3, 0.4) is 0 Å². The van der Waals surface area contributed by atoms with Gasteiger partial charge in [0.25, 0.3) is 0 Å². The fourth-order valence-corrected chi connectivity index (χ4v) is 9.93. The Morgan fingerprint density at radius 1 is 0.462 bits per heavy atom. The van der Waals surface area contributed by atoms with Gasteiger partial charge < -0.3 is 90.3 Å². The van der Waals surface area contributed by atoms with Crippen LogP contribution in [0, 0.1) is 29.6 Å². The van der Waals surface area contributed by atoms with E-state index in [1.165, 1.54) is 0 Å². The molecule has 3 aliphatic heterocycles. The molecule has 0 bridgehead atoms. The van der Waals surface area contributed by atoms with Crippen molar-refractivity contribution in [3.8, 4) is 0 Å². The van der Waals surface area contributed by atoms with Gasteiger partial charge in [0, 0.05) is 88.2 Å². The van der Waals surface area contributed by atoms with E-state index in [9.17, 15) is 69.9 Å². The molecule has 3 saturated heterocycles. The van der Waals surface area contributed by atoms with E-state index in [4.69, 9.17) is 28.4 Å². The number of rotatable bonds is 40. The third-order valence-electron chi connectivity index (χ3n) is 15.2. The summed E-state index contributed by atoms with van der Waals surface area (Å²) in [5, 5.41) is 98.2. The highest BCUT2D eigenvalue weighted by Crippen LogP contribution is 2.30. The van der Waals surface area contributed by atoms with Gasteiger partial charge in [-0.2, -0.15) is 0 Å². The van der Waals surface area contributed by atoms with Crippen LogP contribution in [0.1, 0.15) is 157 Å². The summed E-state index contributed by atoms with van der Waals surface area (Å²) in [7, 11) is 0. The van der Waals surface area contributed by atoms with Gasteiger partial charge in [0.1, 0.15) is 42.4 Å². The summed E-state index contributed by atoms with van der Waals surface area (Å²) in [5.41, 5.74) is 0. The second-order valence-corrected chi connectivity index (χ2v) is 22.0. The molecule has 12 N–H and O–H groups in total. The number of amides is 3. The first kappa shape index (κ1) is 69.4. The van der Waals surface area contributed by atoms with Crippen molar-refractivity contribution in [3.05, 3.63) is 0 Å². The summed E-state index contributed by atoms with van der Waals surface area (Å²) in [6.45, 7) is 8.94.